The van der Waals surface area contributed by atoms with Gasteiger partial charge in [0.15, 0.2) is 0 Å². The summed E-state index contributed by atoms with van der Waals surface area (Å²) in [6, 6.07) is 0.750. The SMILES string of the molecule is CCC1CCNC(CN2CCCC(C(C)(C)C)CC2)C1. The van der Waals surface area contributed by atoms with E-state index in [1.54, 1.807) is 0 Å². The van der Waals surface area contributed by atoms with Gasteiger partial charge in [0.05, 0.1) is 0 Å². The number of rotatable bonds is 3. The Bertz CT molecular complexity index is 282. The molecule has 0 saturated carbocycles. The second kappa shape index (κ2) is 7.26. The van der Waals surface area contributed by atoms with Crippen molar-refractivity contribution in [2.75, 3.05) is 26.2 Å². The molecule has 0 aromatic rings. The molecule has 1 N–H and O–H groups in total. The highest BCUT2D eigenvalue weighted by atomic mass is 15.1. The normalized spacial score (nSPS) is 33.9. The molecule has 0 aromatic carbocycles. The van der Waals surface area contributed by atoms with Crippen molar-refractivity contribution in [2.45, 2.75) is 72.3 Å². The third-order valence-electron chi connectivity index (χ3n) is 5.70. The van der Waals surface area contributed by atoms with Crippen LogP contribution in [-0.2, 0) is 0 Å². The van der Waals surface area contributed by atoms with E-state index in [9.17, 15) is 0 Å². The molecule has 3 atom stereocenters. The summed E-state index contributed by atoms with van der Waals surface area (Å²) in [6.45, 7) is 14.8. The molecule has 0 amide bonds. The summed E-state index contributed by atoms with van der Waals surface area (Å²) in [4.78, 5) is 2.74. The van der Waals surface area contributed by atoms with E-state index >= 15 is 0 Å². The molecule has 2 rings (SSSR count). The van der Waals surface area contributed by atoms with Crippen LogP contribution in [0, 0.1) is 17.3 Å². The summed E-state index contributed by atoms with van der Waals surface area (Å²) < 4.78 is 0. The van der Waals surface area contributed by atoms with Crippen LogP contribution < -0.4 is 5.32 Å². The molecule has 2 heteroatoms. The second-order valence-corrected chi connectivity index (χ2v) is 8.24. The first kappa shape index (κ1) is 16.3. The minimum Gasteiger partial charge on any atom is -0.313 e. The smallest absolute Gasteiger partial charge is 0.0197 e. The minimum atomic E-state index is 0.492. The molecule has 2 saturated heterocycles. The minimum absolute atomic E-state index is 0.492. The molecular formula is C18H36N2. The van der Waals surface area contributed by atoms with Crippen molar-refractivity contribution in [1.82, 2.24) is 10.2 Å². The Kier molecular flexibility index (Phi) is 5.92. The first-order valence-corrected chi connectivity index (χ1v) is 8.94. The van der Waals surface area contributed by atoms with Crippen molar-refractivity contribution in [1.29, 1.82) is 0 Å². The summed E-state index contributed by atoms with van der Waals surface area (Å²) in [7, 11) is 0. The van der Waals surface area contributed by atoms with Gasteiger partial charge in [-0.05, 0) is 69.0 Å². The van der Waals surface area contributed by atoms with Gasteiger partial charge in [-0.2, -0.15) is 0 Å². The lowest BCUT2D eigenvalue weighted by Crippen LogP contribution is -2.46. The summed E-state index contributed by atoms with van der Waals surface area (Å²) in [5.41, 5.74) is 0.492. The Morgan fingerprint density at radius 2 is 1.90 bits per heavy atom. The third kappa shape index (κ3) is 4.73. The van der Waals surface area contributed by atoms with Crippen molar-refractivity contribution in [3.05, 3.63) is 0 Å². The van der Waals surface area contributed by atoms with Crippen molar-refractivity contribution in [3.8, 4) is 0 Å². The van der Waals surface area contributed by atoms with Crippen LogP contribution in [0.3, 0.4) is 0 Å². The summed E-state index contributed by atoms with van der Waals surface area (Å²) in [5.74, 6) is 1.88. The summed E-state index contributed by atoms with van der Waals surface area (Å²) >= 11 is 0. The van der Waals surface area contributed by atoms with E-state index in [-0.39, 0.29) is 0 Å². The number of nitrogens with one attached hydrogen (secondary N) is 1. The molecule has 0 aromatic heterocycles. The van der Waals surface area contributed by atoms with Crippen LogP contribution in [0.4, 0.5) is 0 Å². The molecular weight excluding hydrogens is 244 g/mol. The van der Waals surface area contributed by atoms with Crippen LogP contribution >= 0.6 is 0 Å². The van der Waals surface area contributed by atoms with Gasteiger partial charge in [-0.25, -0.2) is 0 Å². The van der Waals surface area contributed by atoms with Crippen LogP contribution in [0.1, 0.15) is 66.2 Å². The quantitative estimate of drug-likeness (QED) is 0.843. The molecule has 0 radical (unpaired) electrons. The molecule has 0 spiro atoms. The number of hydrogen-bond acceptors (Lipinski definition) is 2. The fourth-order valence-corrected chi connectivity index (χ4v) is 4.12. The highest BCUT2D eigenvalue weighted by Gasteiger charge is 2.28. The van der Waals surface area contributed by atoms with E-state index in [2.05, 4.69) is 37.9 Å². The highest BCUT2D eigenvalue weighted by molar-refractivity contribution is 4.83. The highest BCUT2D eigenvalue weighted by Crippen LogP contribution is 2.34. The van der Waals surface area contributed by atoms with Crippen LogP contribution in [0.2, 0.25) is 0 Å². The fourth-order valence-electron chi connectivity index (χ4n) is 4.12. The zero-order valence-corrected chi connectivity index (χ0v) is 14.3. The first-order valence-electron chi connectivity index (χ1n) is 8.94. The molecule has 20 heavy (non-hydrogen) atoms. The maximum Gasteiger partial charge on any atom is 0.0197 e. The lowest BCUT2D eigenvalue weighted by Gasteiger charge is -2.34. The number of nitrogens with zero attached hydrogens (tertiary/aromatic N) is 1. The average molecular weight is 280 g/mol. The Labute approximate surface area is 126 Å². The Morgan fingerprint density at radius 3 is 2.60 bits per heavy atom. The molecule has 0 bridgehead atoms. The maximum atomic E-state index is 3.75. The van der Waals surface area contributed by atoms with Gasteiger partial charge in [0.25, 0.3) is 0 Å². The topological polar surface area (TPSA) is 15.3 Å². The molecule has 118 valence electrons. The molecule has 2 fully saturated rings. The number of piperidine rings is 1. The zero-order chi connectivity index (χ0) is 14.6. The molecule has 3 unspecified atom stereocenters. The van der Waals surface area contributed by atoms with Gasteiger partial charge in [-0.3, -0.25) is 0 Å². The van der Waals surface area contributed by atoms with Crippen LogP contribution in [0.25, 0.3) is 0 Å². The van der Waals surface area contributed by atoms with E-state index in [0.717, 1.165) is 17.9 Å². The van der Waals surface area contributed by atoms with Crippen molar-refractivity contribution >= 4 is 0 Å². The molecule has 2 nitrogen and oxygen atoms in total. The number of likely N-dealkylation sites (tertiary alicyclic amines) is 1. The van der Waals surface area contributed by atoms with Crippen LogP contribution in [-0.4, -0.2) is 37.1 Å². The largest absolute Gasteiger partial charge is 0.313 e. The van der Waals surface area contributed by atoms with Gasteiger partial charge in [0.2, 0.25) is 0 Å². The Hall–Kier alpha value is -0.0800. The standard InChI is InChI=1S/C18H36N2/c1-5-15-8-10-19-17(13-15)14-20-11-6-7-16(9-12-20)18(2,3)4/h15-17,19H,5-14H2,1-4H3. The average Bonchev–Trinajstić information content (AvgIpc) is 2.64. The third-order valence-corrected chi connectivity index (χ3v) is 5.70. The molecule has 0 aliphatic carbocycles. The van der Waals surface area contributed by atoms with Gasteiger partial charge in [0, 0.05) is 12.6 Å². The summed E-state index contributed by atoms with van der Waals surface area (Å²) in [5, 5.41) is 3.75. The van der Waals surface area contributed by atoms with Crippen molar-refractivity contribution in [2.24, 2.45) is 17.3 Å². The van der Waals surface area contributed by atoms with E-state index < -0.39 is 0 Å². The Balaban J connectivity index is 1.79. The lowest BCUT2D eigenvalue weighted by molar-refractivity contribution is 0.187. The van der Waals surface area contributed by atoms with Gasteiger partial charge < -0.3 is 10.2 Å². The molecule has 2 aliphatic rings. The van der Waals surface area contributed by atoms with E-state index in [0.29, 0.717) is 5.41 Å². The van der Waals surface area contributed by atoms with Gasteiger partial charge in [-0.1, -0.05) is 34.1 Å². The van der Waals surface area contributed by atoms with E-state index in [4.69, 9.17) is 0 Å². The molecule has 2 heterocycles. The fraction of sp³-hybridized carbons (Fsp3) is 1.00. The van der Waals surface area contributed by atoms with Gasteiger partial charge in [0.1, 0.15) is 0 Å². The summed E-state index contributed by atoms with van der Waals surface area (Å²) in [6.07, 6.45) is 8.37. The van der Waals surface area contributed by atoms with Gasteiger partial charge in [-0.15, -0.1) is 0 Å². The van der Waals surface area contributed by atoms with Crippen LogP contribution in [0.5, 0.6) is 0 Å². The lowest BCUT2D eigenvalue weighted by atomic mass is 9.77. The van der Waals surface area contributed by atoms with Crippen LogP contribution in [0.15, 0.2) is 0 Å². The molecule has 2 aliphatic heterocycles. The maximum absolute atomic E-state index is 3.75. The first-order chi connectivity index (χ1) is 9.49. The van der Waals surface area contributed by atoms with E-state index in [1.165, 1.54) is 64.7 Å². The monoisotopic (exact) mass is 280 g/mol. The van der Waals surface area contributed by atoms with Crippen molar-refractivity contribution in [3.63, 3.8) is 0 Å². The second-order valence-electron chi connectivity index (χ2n) is 8.24. The number of hydrogen-bond donors (Lipinski definition) is 1. The van der Waals surface area contributed by atoms with Gasteiger partial charge >= 0.3 is 0 Å². The predicted octanol–water partition coefficient (Wildman–Crippen LogP) is 3.91. The predicted molar refractivity (Wildman–Crippen MR) is 88.0 cm³/mol. The van der Waals surface area contributed by atoms with E-state index in [1.807, 2.05) is 0 Å². The van der Waals surface area contributed by atoms with Crippen molar-refractivity contribution < 1.29 is 0 Å². The Morgan fingerprint density at radius 1 is 1.10 bits per heavy atom. The zero-order valence-electron chi connectivity index (χ0n) is 14.3.